The fourth-order valence-electron chi connectivity index (χ4n) is 1.56. The average molecular weight is 261 g/mol. The lowest BCUT2D eigenvalue weighted by atomic mass is 10.0. The van der Waals surface area contributed by atoms with E-state index in [0.717, 1.165) is 16.1 Å². The topological polar surface area (TPSA) is 89.1 Å². The standard InChI is InChI=1S/C12H11N3O2S/c1-6-5-8(7(2)11(16)17)3-4-9(6)10-14-15-12(13)18-10/h3-5H,2H2,1H3,(H2,13,15)(H,16,17). The summed E-state index contributed by atoms with van der Waals surface area (Å²) in [6.07, 6.45) is 0. The van der Waals surface area contributed by atoms with E-state index in [-0.39, 0.29) is 5.57 Å². The van der Waals surface area contributed by atoms with E-state index < -0.39 is 5.97 Å². The number of nitrogens with zero attached hydrogens (tertiary/aromatic N) is 2. The number of hydrogen-bond donors (Lipinski definition) is 2. The van der Waals surface area contributed by atoms with Crippen molar-refractivity contribution < 1.29 is 9.90 Å². The second kappa shape index (κ2) is 4.58. The fourth-order valence-corrected chi connectivity index (χ4v) is 2.26. The van der Waals surface area contributed by atoms with E-state index in [2.05, 4.69) is 16.8 Å². The molecule has 1 aromatic heterocycles. The maximum atomic E-state index is 10.8. The van der Waals surface area contributed by atoms with Gasteiger partial charge >= 0.3 is 5.97 Å². The second-order valence-electron chi connectivity index (χ2n) is 3.76. The Hall–Kier alpha value is -2.21. The zero-order valence-electron chi connectivity index (χ0n) is 9.67. The molecule has 0 unspecified atom stereocenters. The molecule has 5 nitrogen and oxygen atoms in total. The Morgan fingerprint density at radius 3 is 2.67 bits per heavy atom. The second-order valence-corrected chi connectivity index (χ2v) is 4.77. The van der Waals surface area contributed by atoms with Crippen molar-refractivity contribution in [2.75, 3.05) is 5.73 Å². The number of aliphatic carboxylic acids is 1. The SMILES string of the molecule is C=C(C(=O)O)c1ccc(-c2nnc(N)s2)c(C)c1. The Bertz CT molecular complexity index is 634. The third kappa shape index (κ3) is 2.23. The first-order chi connectivity index (χ1) is 8.49. The van der Waals surface area contributed by atoms with Gasteiger partial charge in [-0.1, -0.05) is 36.1 Å². The molecule has 6 heteroatoms. The first-order valence-corrected chi connectivity index (χ1v) is 5.93. The Balaban J connectivity index is 2.42. The van der Waals surface area contributed by atoms with Crippen LogP contribution in [0, 0.1) is 6.92 Å². The lowest BCUT2D eigenvalue weighted by Crippen LogP contribution is -1.98. The molecule has 0 atom stereocenters. The van der Waals surface area contributed by atoms with Gasteiger partial charge in [0.05, 0.1) is 5.57 Å². The number of carboxylic acid groups (broad SMARTS) is 1. The molecule has 0 aliphatic heterocycles. The number of aromatic nitrogens is 2. The first kappa shape index (κ1) is 12.3. The van der Waals surface area contributed by atoms with Gasteiger partial charge in [-0.25, -0.2) is 4.79 Å². The molecule has 0 fully saturated rings. The highest BCUT2D eigenvalue weighted by Crippen LogP contribution is 2.29. The van der Waals surface area contributed by atoms with E-state index >= 15 is 0 Å². The normalized spacial score (nSPS) is 10.3. The molecule has 0 spiro atoms. The molecule has 0 aliphatic rings. The molecular formula is C12H11N3O2S. The van der Waals surface area contributed by atoms with Gasteiger partial charge in [0.1, 0.15) is 5.01 Å². The van der Waals surface area contributed by atoms with Crippen LogP contribution in [0.3, 0.4) is 0 Å². The Kier molecular flexibility index (Phi) is 3.12. The number of aryl methyl sites for hydroxylation is 1. The van der Waals surface area contributed by atoms with Crippen molar-refractivity contribution in [3.8, 4) is 10.6 Å². The number of nitrogens with two attached hydrogens (primary N) is 1. The van der Waals surface area contributed by atoms with E-state index in [1.165, 1.54) is 11.3 Å². The summed E-state index contributed by atoms with van der Waals surface area (Å²) < 4.78 is 0. The van der Waals surface area contributed by atoms with Gasteiger partial charge in [-0.2, -0.15) is 0 Å². The minimum Gasteiger partial charge on any atom is -0.478 e. The summed E-state index contributed by atoms with van der Waals surface area (Å²) in [7, 11) is 0. The monoisotopic (exact) mass is 261 g/mol. The molecule has 0 amide bonds. The molecule has 0 saturated heterocycles. The van der Waals surface area contributed by atoms with Gasteiger partial charge < -0.3 is 10.8 Å². The highest BCUT2D eigenvalue weighted by molar-refractivity contribution is 7.18. The Morgan fingerprint density at radius 2 is 2.17 bits per heavy atom. The quantitative estimate of drug-likeness (QED) is 0.827. The molecule has 92 valence electrons. The molecule has 1 aromatic carbocycles. The molecule has 2 rings (SSSR count). The average Bonchev–Trinajstić information content (AvgIpc) is 2.74. The van der Waals surface area contributed by atoms with Crippen LogP contribution in [0.5, 0.6) is 0 Å². The van der Waals surface area contributed by atoms with Gasteiger partial charge in [0.2, 0.25) is 5.13 Å². The summed E-state index contributed by atoms with van der Waals surface area (Å²) in [5.74, 6) is -1.03. The van der Waals surface area contributed by atoms with Gasteiger partial charge in [-0.05, 0) is 18.1 Å². The number of carboxylic acids is 1. The van der Waals surface area contributed by atoms with Crippen LogP contribution in [0.2, 0.25) is 0 Å². The maximum Gasteiger partial charge on any atom is 0.335 e. The minimum absolute atomic E-state index is 0.0708. The van der Waals surface area contributed by atoms with Gasteiger partial charge in [0.15, 0.2) is 0 Å². The van der Waals surface area contributed by atoms with E-state index in [1.54, 1.807) is 18.2 Å². The zero-order valence-corrected chi connectivity index (χ0v) is 10.5. The van der Waals surface area contributed by atoms with Gasteiger partial charge in [-0.15, -0.1) is 10.2 Å². The molecule has 1 heterocycles. The highest BCUT2D eigenvalue weighted by Gasteiger charge is 2.11. The van der Waals surface area contributed by atoms with Crippen molar-refractivity contribution in [3.63, 3.8) is 0 Å². The van der Waals surface area contributed by atoms with Crippen LogP contribution in [0.25, 0.3) is 16.1 Å². The fraction of sp³-hybridized carbons (Fsp3) is 0.0833. The van der Waals surface area contributed by atoms with E-state index in [0.29, 0.717) is 10.7 Å². The van der Waals surface area contributed by atoms with Crippen molar-refractivity contribution in [1.82, 2.24) is 10.2 Å². The maximum absolute atomic E-state index is 10.8. The largest absolute Gasteiger partial charge is 0.478 e. The van der Waals surface area contributed by atoms with Crippen LogP contribution < -0.4 is 5.73 Å². The lowest BCUT2D eigenvalue weighted by Gasteiger charge is -2.05. The molecule has 18 heavy (non-hydrogen) atoms. The van der Waals surface area contributed by atoms with Crippen molar-refractivity contribution in [2.24, 2.45) is 0 Å². The van der Waals surface area contributed by atoms with Crippen molar-refractivity contribution in [1.29, 1.82) is 0 Å². The van der Waals surface area contributed by atoms with Crippen LogP contribution >= 0.6 is 11.3 Å². The van der Waals surface area contributed by atoms with Crippen LogP contribution in [0.1, 0.15) is 11.1 Å². The third-order valence-electron chi connectivity index (χ3n) is 2.50. The number of carbonyl (C=O) groups is 1. The molecule has 0 aliphatic carbocycles. The highest BCUT2D eigenvalue weighted by atomic mass is 32.1. The zero-order chi connectivity index (χ0) is 13.3. The number of hydrogen-bond acceptors (Lipinski definition) is 5. The van der Waals surface area contributed by atoms with Crippen LogP contribution in [0.4, 0.5) is 5.13 Å². The Morgan fingerprint density at radius 1 is 1.44 bits per heavy atom. The van der Waals surface area contributed by atoms with Crippen molar-refractivity contribution in [2.45, 2.75) is 6.92 Å². The van der Waals surface area contributed by atoms with E-state index in [4.69, 9.17) is 10.8 Å². The third-order valence-corrected chi connectivity index (χ3v) is 3.29. The summed E-state index contributed by atoms with van der Waals surface area (Å²) in [5, 5.41) is 17.7. The van der Waals surface area contributed by atoms with Crippen molar-refractivity contribution in [3.05, 3.63) is 35.9 Å². The number of anilines is 1. The van der Waals surface area contributed by atoms with Gasteiger partial charge in [0, 0.05) is 5.56 Å². The molecule has 0 saturated carbocycles. The summed E-state index contributed by atoms with van der Waals surface area (Å²) in [6, 6.07) is 5.28. The predicted octanol–water partition coefficient (Wildman–Crippen LogP) is 2.19. The Labute approximate surface area is 108 Å². The first-order valence-electron chi connectivity index (χ1n) is 5.11. The van der Waals surface area contributed by atoms with Gasteiger partial charge in [0.25, 0.3) is 0 Å². The van der Waals surface area contributed by atoms with Crippen LogP contribution in [-0.2, 0) is 4.79 Å². The summed E-state index contributed by atoms with van der Waals surface area (Å²) in [5.41, 5.74) is 8.00. The van der Waals surface area contributed by atoms with Crippen molar-refractivity contribution >= 4 is 28.0 Å². The van der Waals surface area contributed by atoms with E-state index in [1.807, 2.05) is 6.92 Å². The summed E-state index contributed by atoms with van der Waals surface area (Å²) >= 11 is 1.29. The molecule has 0 radical (unpaired) electrons. The predicted molar refractivity (Wildman–Crippen MR) is 71.2 cm³/mol. The molecule has 2 aromatic rings. The molecule has 3 N–H and O–H groups in total. The summed E-state index contributed by atoms with van der Waals surface area (Å²) in [4.78, 5) is 10.8. The molecular weight excluding hydrogens is 250 g/mol. The summed E-state index contributed by atoms with van der Waals surface area (Å²) in [6.45, 7) is 5.41. The number of benzene rings is 1. The number of nitrogen functional groups attached to an aromatic ring is 1. The van der Waals surface area contributed by atoms with Gasteiger partial charge in [-0.3, -0.25) is 0 Å². The smallest absolute Gasteiger partial charge is 0.335 e. The van der Waals surface area contributed by atoms with Crippen LogP contribution in [0.15, 0.2) is 24.8 Å². The lowest BCUT2D eigenvalue weighted by molar-refractivity contribution is -0.130. The number of rotatable bonds is 3. The minimum atomic E-state index is -1.03. The van der Waals surface area contributed by atoms with Crippen LogP contribution in [-0.4, -0.2) is 21.3 Å². The molecule has 0 bridgehead atoms. The van der Waals surface area contributed by atoms with E-state index in [9.17, 15) is 4.79 Å².